The number of rotatable bonds is 3. The van der Waals surface area contributed by atoms with Crippen LogP contribution >= 0.6 is 0 Å². The molecule has 0 aliphatic carbocycles. The Kier molecular flexibility index (Phi) is 4.33. The largest absolute Gasteiger partial charge is 0.390 e. The van der Waals surface area contributed by atoms with Crippen LogP contribution in [0.3, 0.4) is 0 Å². The van der Waals surface area contributed by atoms with Gasteiger partial charge in [0, 0.05) is 32.2 Å². The van der Waals surface area contributed by atoms with Crippen molar-refractivity contribution in [3.05, 3.63) is 34.4 Å². The van der Waals surface area contributed by atoms with Crippen molar-refractivity contribution in [3.63, 3.8) is 0 Å². The molecule has 0 spiro atoms. The summed E-state index contributed by atoms with van der Waals surface area (Å²) >= 11 is 0. The van der Waals surface area contributed by atoms with Crippen LogP contribution in [0.15, 0.2) is 29.2 Å². The molecule has 8 nitrogen and oxygen atoms in total. The second kappa shape index (κ2) is 5.83. The Balaban J connectivity index is 2.42. The third kappa shape index (κ3) is 2.96. The second-order valence-electron chi connectivity index (χ2n) is 4.45. The zero-order valence-electron chi connectivity index (χ0n) is 10.6. The fourth-order valence-corrected chi connectivity index (χ4v) is 3.68. The van der Waals surface area contributed by atoms with Gasteiger partial charge in [0.2, 0.25) is 10.0 Å². The van der Waals surface area contributed by atoms with E-state index in [1.165, 1.54) is 18.2 Å². The Morgan fingerprint density at radius 3 is 2.80 bits per heavy atom. The molecule has 0 aromatic heterocycles. The van der Waals surface area contributed by atoms with E-state index in [4.69, 9.17) is 0 Å². The molecule has 1 fully saturated rings. The van der Waals surface area contributed by atoms with Crippen LogP contribution in [0.2, 0.25) is 0 Å². The Bertz CT molecular complexity index is 604. The van der Waals surface area contributed by atoms with Crippen LogP contribution in [0.5, 0.6) is 0 Å². The van der Waals surface area contributed by atoms with E-state index in [0.29, 0.717) is 13.1 Å². The Morgan fingerprint density at radius 1 is 1.40 bits per heavy atom. The summed E-state index contributed by atoms with van der Waals surface area (Å²) in [5.74, 6) is 0. The van der Waals surface area contributed by atoms with E-state index in [0.717, 1.165) is 10.4 Å². The molecule has 2 rings (SSSR count). The lowest BCUT2D eigenvalue weighted by atomic mass is 10.3. The fourth-order valence-electron chi connectivity index (χ4n) is 2.05. The summed E-state index contributed by atoms with van der Waals surface area (Å²) in [6.45, 7) is 0.757. The highest BCUT2D eigenvalue weighted by Crippen LogP contribution is 2.26. The number of hydrogen-bond acceptors (Lipinski definition) is 6. The van der Waals surface area contributed by atoms with E-state index < -0.39 is 26.7 Å². The molecular weight excluding hydrogens is 286 g/mol. The molecule has 0 unspecified atom stereocenters. The van der Waals surface area contributed by atoms with Gasteiger partial charge in [-0.2, -0.15) is 4.31 Å². The maximum Gasteiger partial charge on any atom is 0.289 e. The van der Waals surface area contributed by atoms with Crippen LogP contribution in [0.1, 0.15) is 0 Å². The molecule has 1 aliphatic heterocycles. The molecule has 0 radical (unpaired) electrons. The van der Waals surface area contributed by atoms with E-state index in [-0.39, 0.29) is 18.0 Å². The summed E-state index contributed by atoms with van der Waals surface area (Å²) in [7, 11) is -4.00. The maximum absolute atomic E-state index is 12.5. The monoisotopic (exact) mass is 301 g/mol. The number of benzene rings is 1. The smallest absolute Gasteiger partial charge is 0.289 e. The van der Waals surface area contributed by atoms with Crippen LogP contribution in [-0.2, 0) is 10.0 Å². The van der Waals surface area contributed by atoms with Crippen molar-refractivity contribution in [1.82, 2.24) is 9.62 Å². The van der Waals surface area contributed by atoms with Crippen molar-refractivity contribution in [2.24, 2.45) is 0 Å². The van der Waals surface area contributed by atoms with Crippen LogP contribution in [0.25, 0.3) is 0 Å². The molecule has 0 saturated carbocycles. The van der Waals surface area contributed by atoms with Crippen LogP contribution in [-0.4, -0.2) is 55.0 Å². The SMILES string of the molecule is O=[N+]([O-])c1ccccc1S(=O)(=O)N1CCNC[C@@H](O)C1. The molecule has 0 amide bonds. The standard InChI is InChI=1S/C11H15N3O5S/c15-9-7-12-5-6-13(8-9)20(18,19)11-4-2-1-3-10(11)14(16)17/h1-4,9,12,15H,5-8H2/t9-/m1/s1. The van der Waals surface area contributed by atoms with Gasteiger partial charge in [-0.25, -0.2) is 8.42 Å². The lowest BCUT2D eigenvalue weighted by molar-refractivity contribution is -0.387. The highest BCUT2D eigenvalue weighted by atomic mass is 32.2. The number of nitrogens with zero attached hydrogens (tertiary/aromatic N) is 2. The predicted octanol–water partition coefficient (Wildman–Crippen LogP) is -0.450. The minimum Gasteiger partial charge on any atom is -0.390 e. The number of aliphatic hydroxyl groups excluding tert-OH is 1. The van der Waals surface area contributed by atoms with Gasteiger partial charge in [0.15, 0.2) is 4.90 Å². The summed E-state index contributed by atoms with van der Waals surface area (Å²) < 4.78 is 26.1. The quantitative estimate of drug-likeness (QED) is 0.577. The minimum absolute atomic E-state index is 0.0820. The zero-order valence-corrected chi connectivity index (χ0v) is 11.4. The number of para-hydroxylation sites is 1. The number of nitro groups is 1. The Hall–Kier alpha value is -1.55. The van der Waals surface area contributed by atoms with Crippen molar-refractivity contribution in [1.29, 1.82) is 0 Å². The van der Waals surface area contributed by atoms with Gasteiger partial charge in [-0.1, -0.05) is 12.1 Å². The van der Waals surface area contributed by atoms with E-state index in [1.807, 2.05) is 0 Å². The van der Waals surface area contributed by atoms with Crippen LogP contribution < -0.4 is 5.32 Å². The first-order chi connectivity index (χ1) is 9.43. The number of nitro benzene ring substituents is 1. The topological polar surface area (TPSA) is 113 Å². The van der Waals surface area contributed by atoms with Gasteiger partial charge < -0.3 is 10.4 Å². The van der Waals surface area contributed by atoms with Crippen LogP contribution in [0.4, 0.5) is 5.69 Å². The molecule has 2 N–H and O–H groups in total. The predicted molar refractivity (Wildman–Crippen MR) is 70.7 cm³/mol. The van der Waals surface area contributed by atoms with Crippen molar-refractivity contribution < 1.29 is 18.4 Å². The highest BCUT2D eigenvalue weighted by Gasteiger charge is 2.33. The maximum atomic E-state index is 12.5. The molecule has 1 aromatic rings. The molecule has 9 heteroatoms. The van der Waals surface area contributed by atoms with Crippen molar-refractivity contribution >= 4 is 15.7 Å². The number of β-amino-alcohol motifs (C(OH)–C–C–N with tert-alkyl or cyclic N) is 1. The number of hydrogen-bond donors (Lipinski definition) is 2. The number of aliphatic hydroxyl groups is 1. The van der Waals surface area contributed by atoms with Crippen molar-refractivity contribution in [3.8, 4) is 0 Å². The average molecular weight is 301 g/mol. The minimum atomic E-state index is -4.00. The van der Waals surface area contributed by atoms with Gasteiger partial charge in [0.05, 0.1) is 11.0 Å². The summed E-state index contributed by atoms with van der Waals surface area (Å²) in [5.41, 5.74) is -0.459. The lowest BCUT2D eigenvalue weighted by Crippen LogP contribution is -2.37. The number of sulfonamides is 1. The molecular formula is C11H15N3O5S. The van der Waals surface area contributed by atoms with Gasteiger partial charge >= 0.3 is 0 Å². The summed E-state index contributed by atoms with van der Waals surface area (Å²) in [5, 5.41) is 23.5. The summed E-state index contributed by atoms with van der Waals surface area (Å²) in [6, 6.07) is 5.21. The molecule has 20 heavy (non-hydrogen) atoms. The van der Waals surface area contributed by atoms with E-state index in [2.05, 4.69) is 5.32 Å². The molecule has 0 bridgehead atoms. The van der Waals surface area contributed by atoms with Crippen molar-refractivity contribution in [2.45, 2.75) is 11.0 Å². The number of nitrogens with one attached hydrogen (secondary N) is 1. The fraction of sp³-hybridized carbons (Fsp3) is 0.455. The van der Waals surface area contributed by atoms with Gasteiger partial charge in [-0.3, -0.25) is 10.1 Å². The van der Waals surface area contributed by atoms with E-state index >= 15 is 0 Å². The van der Waals surface area contributed by atoms with E-state index in [9.17, 15) is 23.6 Å². The second-order valence-corrected chi connectivity index (χ2v) is 6.35. The first-order valence-electron chi connectivity index (χ1n) is 6.05. The average Bonchev–Trinajstić information content (AvgIpc) is 2.64. The van der Waals surface area contributed by atoms with Gasteiger partial charge in [0.25, 0.3) is 5.69 Å². The van der Waals surface area contributed by atoms with Gasteiger partial charge in [0.1, 0.15) is 0 Å². The van der Waals surface area contributed by atoms with Crippen molar-refractivity contribution in [2.75, 3.05) is 26.2 Å². The first-order valence-corrected chi connectivity index (χ1v) is 7.49. The summed E-state index contributed by atoms with van der Waals surface area (Å²) in [4.78, 5) is 9.87. The lowest BCUT2D eigenvalue weighted by Gasteiger charge is -2.21. The molecule has 1 saturated heterocycles. The van der Waals surface area contributed by atoms with Gasteiger partial charge in [-0.15, -0.1) is 0 Å². The molecule has 1 aliphatic rings. The normalized spacial score (nSPS) is 21.4. The van der Waals surface area contributed by atoms with Crippen LogP contribution in [0, 0.1) is 10.1 Å². The Morgan fingerprint density at radius 2 is 2.10 bits per heavy atom. The zero-order chi connectivity index (χ0) is 14.8. The third-order valence-electron chi connectivity index (χ3n) is 3.01. The molecule has 110 valence electrons. The Labute approximate surface area is 116 Å². The highest BCUT2D eigenvalue weighted by molar-refractivity contribution is 7.89. The third-order valence-corrected chi connectivity index (χ3v) is 4.92. The molecule has 1 atom stereocenters. The van der Waals surface area contributed by atoms with Gasteiger partial charge in [-0.05, 0) is 6.07 Å². The van der Waals surface area contributed by atoms with E-state index in [1.54, 1.807) is 0 Å². The molecule has 1 aromatic carbocycles. The summed E-state index contributed by atoms with van der Waals surface area (Å²) in [6.07, 6.45) is -0.838. The molecule has 1 heterocycles. The first kappa shape index (κ1) is 14.9.